The van der Waals surface area contributed by atoms with E-state index in [-0.39, 0.29) is 0 Å². The van der Waals surface area contributed by atoms with Crippen molar-refractivity contribution in [3.63, 3.8) is 0 Å². The van der Waals surface area contributed by atoms with Crippen molar-refractivity contribution >= 4 is 19.2 Å². The molecule has 0 saturated carbocycles. The van der Waals surface area contributed by atoms with Crippen LogP contribution < -0.4 is 10.4 Å². The molecule has 0 aliphatic carbocycles. The normalized spacial score (nSPS) is 12.3. The van der Waals surface area contributed by atoms with Gasteiger partial charge < -0.3 is 0 Å². The fourth-order valence-electron chi connectivity index (χ4n) is 3.33. The third-order valence-corrected chi connectivity index (χ3v) is 7.46. The van der Waals surface area contributed by atoms with Gasteiger partial charge in [-0.25, -0.2) is 0 Å². The number of hydrogen-bond donors (Lipinski definition) is 0. The highest BCUT2D eigenvalue weighted by atomic mass is 28.3. The first-order valence-electron chi connectivity index (χ1n) is 8.21. The lowest BCUT2D eigenvalue weighted by atomic mass is 10.1. The van der Waals surface area contributed by atoms with E-state index >= 15 is 0 Å². The van der Waals surface area contributed by atoms with Crippen molar-refractivity contribution in [2.24, 2.45) is 0 Å². The summed E-state index contributed by atoms with van der Waals surface area (Å²) in [6, 6.07) is 29.0. The van der Waals surface area contributed by atoms with Crippen LogP contribution >= 0.6 is 0 Å². The van der Waals surface area contributed by atoms with Crippen molar-refractivity contribution in [1.29, 1.82) is 0 Å². The van der Waals surface area contributed by atoms with E-state index in [0.717, 1.165) is 0 Å². The molecule has 23 heavy (non-hydrogen) atoms. The Morgan fingerprint density at radius 1 is 0.652 bits per heavy atom. The van der Waals surface area contributed by atoms with Crippen molar-refractivity contribution in [3.05, 3.63) is 95.6 Å². The molecule has 0 fully saturated rings. The van der Waals surface area contributed by atoms with Crippen LogP contribution in [-0.2, 0) is 0 Å². The van der Waals surface area contributed by atoms with Crippen molar-refractivity contribution in [3.8, 4) is 0 Å². The van der Waals surface area contributed by atoms with Gasteiger partial charge in [-0.3, -0.25) is 0 Å². The van der Waals surface area contributed by atoms with Gasteiger partial charge in [-0.05, 0) is 25.0 Å². The molecule has 1 atom stereocenters. The molecule has 0 aliphatic rings. The van der Waals surface area contributed by atoms with Crippen LogP contribution in [0.1, 0.15) is 29.2 Å². The Labute approximate surface area is 141 Å². The van der Waals surface area contributed by atoms with Gasteiger partial charge >= 0.3 is 0 Å². The van der Waals surface area contributed by atoms with E-state index < -0.39 is 8.80 Å². The first kappa shape index (κ1) is 15.8. The summed E-state index contributed by atoms with van der Waals surface area (Å²) in [4.78, 5) is 0. The van der Waals surface area contributed by atoms with Gasteiger partial charge in [0.15, 0.2) is 0 Å². The van der Waals surface area contributed by atoms with Crippen LogP contribution in [0.4, 0.5) is 0 Å². The molecular weight excluding hydrogens is 292 g/mol. The molecule has 3 aromatic carbocycles. The minimum absolute atomic E-state index is 0.531. The SMILES string of the molecule is Cc1cc(C)cc([C@H](C)[Si](c2ccccc2)c2ccccc2)c1. The maximum absolute atomic E-state index is 2.39. The third kappa shape index (κ3) is 3.62. The molecule has 3 aromatic rings. The standard InChI is InChI=1S/C22H23Si/c1-17-14-18(2)16-20(15-17)19(3)23(21-10-6-4-7-11-21)22-12-8-5-9-13-22/h4-16,19H,1-3H3/t19-/m0/s1. The minimum atomic E-state index is -0.863. The molecule has 3 rings (SSSR count). The monoisotopic (exact) mass is 315 g/mol. The molecule has 0 aliphatic heterocycles. The summed E-state index contributed by atoms with van der Waals surface area (Å²) in [7, 11) is -0.863. The van der Waals surface area contributed by atoms with Gasteiger partial charge in [0.1, 0.15) is 8.80 Å². The predicted molar refractivity (Wildman–Crippen MR) is 102 cm³/mol. The number of aryl methyl sites for hydroxylation is 2. The summed E-state index contributed by atoms with van der Waals surface area (Å²) < 4.78 is 0. The second-order valence-electron chi connectivity index (χ2n) is 6.29. The molecule has 1 radical (unpaired) electrons. The Morgan fingerprint density at radius 2 is 1.09 bits per heavy atom. The van der Waals surface area contributed by atoms with Crippen LogP contribution in [0.5, 0.6) is 0 Å². The number of rotatable bonds is 4. The van der Waals surface area contributed by atoms with E-state index in [1.165, 1.54) is 27.1 Å². The van der Waals surface area contributed by atoms with Gasteiger partial charge in [0.05, 0.1) is 0 Å². The Morgan fingerprint density at radius 3 is 1.52 bits per heavy atom. The van der Waals surface area contributed by atoms with Gasteiger partial charge in [0.2, 0.25) is 0 Å². The minimum Gasteiger partial charge on any atom is -0.0628 e. The first-order valence-corrected chi connectivity index (χ1v) is 9.79. The van der Waals surface area contributed by atoms with Gasteiger partial charge in [-0.2, -0.15) is 0 Å². The molecule has 0 nitrogen and oxygen atoms in total. The quantitative estimate of drug-likeness (QED) is 0.631. The van der Waals surface area contributed by atoms with Crippen LogP contribution in [0.15, 0.2) is 78.9 Å². The van der Waals surface area contributed by atoms with Crippen LogP contribution in [0, 0.1) is 13.8 Å². The molecular formula is C22H23Si. The van der Waals surface area contributed by atoms with Crippen LogP contribution in [0.25, 0.3) is 0 Å². The molecule has 115 valence electrons. The molecule has 0 saturated heterocycles. The lowest BCUT2D eigenvalue weighted by Crippen LogP contribution is -2.46. The average Bonchev–Trinajstić information content (AvgIpc) is 2.56. The van der Waals surface area contributed by atoms with E-state index in [9.17, 15) is 0 Å². The fourth-order valence-corrected chi connectivity index (χ4v) is 6.27. The summed E-state index contributed by atoms with van der Waals surface area (Å²) in [5.41, 5.74) is 4.70. The van der Waals surface area contributed by atoms with E-state index in [1.807, 2.05) is 0 Å². The topological polar surface area (TPSA) is 0 Å². The molecule has 0 N–H and O–H groups in total. The van der Waals surface area contributed by atoms with Crippen molar-refractivity contribution in [2.45, 2.75) is 26.3 Å². The maximum atomic E-state index is 2.39. The maximum Gasteiger partial charge on any atom is 0.128 e. The third-order valence-electron chi connectivity index (χ3n) is 4.35. The van der Waals surface area contributed by atoms with Gasteiger partial charge in [0, 0.05) is 0 Å². The van der Waals surface area contributed by atoms with Crippen molar-refractivity contribution in [2.75, 3.05) is 0 Å². The fraction of sp³-hybridized carbons (Fsp3) is 0.182. The first-order chi connectivity index (χ1) is 11.1. The van der Waals surface area contributed by atoms with Gasteiger partial charge in [0.25, 0.3) is 0 Å². The molecule has 0 bridgehead atoms. The van der Waals surface area contributed by atoms with E-state index in [4.69, 9.17) is 0 Å². The lowest BCUT2D eigenvalue weighted by molar-refractivity contribution is 1.05. The Bertz CT molecular complexity index is 703. The van der Waals surface area contributed by atoms with Crippen molar-refractivity contribution in [1.82, 2.24) is 0 Å². The lowest BCUT2D eigenvalue weighted by Gasteiger charge is -2.24. The van der Waals surface area contributed by atoms with E-state index in [2.05, 4.69) is 99.6 Å². The molecule has 0 aromatic heterocycles. The molecule has 0 unspecified atom stereocenters. The zero-order valence-corrected chi connectivity index (χ0v) is 15.1. The summed E-state index contributed by atoms with van der Waals surface area (Å²) in [6.07, 6.45) is 0. The highest BCUT2D eigenvalue weighted by Gasteiger charge is 2.25. The Hall–Kier alpha value is -2.12. The molecule has 0 heterocycles. The van der Waals surface area contributed by atoms with Crippen LogP contribution in [-0.4, -0.2) is 8.80 Å². The highest BCUT2D eigenvalue weighted by Crippen LogP contribution is 2.21. The van der Waals surface area contributed by atoms with Gasteiger partial charge in [-0.1, -0.05) is 107 Å². The number of benzene rings is 3. The smallest absolute Gasteiger partial charge is 0.0628 e. The highest BCUT2D eigenvalue weighted by molar-refractivity contribution is 6.86. The predicted octanol–water partition coefficient (Wildman–Crippen LogP) is 4.26. The zero-order valence-electron chi connectivity index (χ0n) is 14.1. The van der Waals surface area contributed by atoms with Crippen LogP contribution in [0.3, 0.4) is 0 Å². The van der Waals surface area contributed by atoms with Crippen molar-refractivity contribution < 1.29 is 0 Å². The van der Waals surface area contributed by atoms with Gasteiger partial charge in [-0.15, -0.1) is 0 Å². The summed E-state index contributed by atoms with van der Waals surface area (Å²) in [5.74, 6) is 0. The van der Waals surface area contributed by atoms with E-state index in [1.54, 1.807) is 0 Å². The summed E-state index contributed by atoms with van der Waals surface area (Å²) >= 11 is 0. The Kier molecular flexibility index (Phi) is 4.78. The Balaban J connectivity index is 2.08. The number of hydrogen-bond acceptors (Lipinski definition) is 0. The van der Waals surface area contributed by atoms with E-state index in [0.29, 0.717) is 5.54 Å². The second kappa shape index (κ2) is 6.97. The largest absolute Gasteiger partial charge is 0.128 e. The zero-order chi connectivity index (χ0) is 16.2. The molecule has 0 spiro atoms. The van der Waals surface area contributed by atoms with Crippen LogP contribution in [0.2, 0.25) is 0 Å². The average molecular weight is 316 g/mol. The summed E-state index contributed by atoms with van der Waals surface area (Å²) in [6.45, 7) is 6.78. The second-order valence-corrected chi connectivity index (χ2v) is 9.14. The molecule has 0 amide bonds. The summed E-state index contributed by atoms with van der Waals surface area (Å²) in [5, 5.41) is 2.96. The molecule has 1 heteroatoms.